The van der Waals surface area contributed by atoms with E-state index >= 15 is 0 Å². The Morgan fingerprint density at radius 1 is 1.17 bits per heavy atom. The average molecular weight is 331 g/mol. The van der Waals surface area contributed by atoms with Gasteiger partial charge in [0.15, 0.2) is 0 Å². The number of nitrogens with zero attached hydrogens (tertiary/aromatic N) is 1. The van der Waals surface area contributed by atoms with Gasteiger partial charge in [0.25, 0.3) is 6.04 Å². The summed E-state index contributed by atoms with van der Waals surface area (Å²) in [5.74, 6) is -3.78. The van der Waals surface area contributed by atoms with Crippen molar-refractivity contribution in [3.05, 3.63) is 45.5 Å². The highest BCUT2D eigenvalue weighted by Gasteiger charge is 2.71. The van der Waals surface area contributed by atoms with Gasteiger partial charge in [-0.25, -0.2) is 0 Å². The van der Waals surface area contributed by atoms with Crippen molar-refractivity contribution < 1.29 is 24.0 Å². The Labute approximate surface area is 138 Å². The van der Waals surface area contributed by atoms with Gasteiger partial charge in [0, 0.05) is 22.0 Å². The maximum absolute atomic E-state index is 12.9. The number of carbonyl (C=O) groups is 3. The van der Waals surface area contributed by atoms with Gasteiger partial charge in [0.05, 0.1) is 5.92 Å². The quantitative estimate of drug-likeness (QED) is 0.363. The van der Waals surface area contributed by atoms with Crippen molar-refractivity contribution in [3.63, 3.8) is 0 Å². The number of ether oxygens (including phenoxy) is 1. The van der Waals surface area contributed by atoms with Crippen molar-refractivity contribution in [1.82, 2.24) is 0 Å². The monoisotopic (exact) mass is 331 g/mol. The molecule has 0 saturated carbocycles. The highest BCUT2D eigenvalue weighted by molar-refractivity contribution is 6.33. The second-order valence-corrected chi connectivity index (χ2v) is 6.33. The van der Waals surface area contributed by atoms with Gasteiger partial charge in [-0.15, -0.1) is 0 Å². The molecule has 1 saturated heterocycles. The molecule has 126 valence electrons. The number of rotatable bonds is 3. The van der Waals surface area contributed by atoms with Crippen LogP contribution in [0.25, 0.3) is 0 Å². The molecule has 0 aromatic heterocycles. The Bertz CT molecular complexity index is 720. The number of carbonyl (C=O) groups excluding carboxylic acids is 3. The molecule has 1 fully saturated rings. The van der Waals surface area contributed by atoms with Crippen LogP contribution < -0.4 is 0 Å². The summed E-state index contributed by atoms with van der Waals surface area (Å²) in [5.41, 5.74) is -2.21. The molecule has 7 nitrogen and oxygen atoms in total. The highest BCUT2D eigenvalue weighted by Crippen LogP contribution is 2.45. The predicted octanol–water partition coefficient (Wildman–Crippen LogP) is 2.06. The van der Waals surface area contributed by atoms with E-state index in [0.29, 0.717) is 12.8 Å². The number of hydrogen-bond acceptors (Lipinski definition) is 6. The minimum absolute atomic E-state index is 0.0759. The first-order valence-corrected chi connectivity index (χ1v) is 7.91. The van der Waals surface area contributed by atoms with Gasteiger partial charge >= 0.3 is 11.6 Å². The van der Waals surface area contributed by atoms with Gasteiger partial charge in [-0.2, -0.15) is 0 Å². The average Bonchev–Trinajstić information content (AvgIpc) is 2.75. The molecule has 24 heavy (non-hydrogen) atoms. The zero-order valence-electron chi connectivity index (χ0n) is 13.4. The van der Waals surface area contributed by atoms with E-state index < -0.39 is 45.9 Å². The van der Waals surface area contributed by atoms with Crippen LogP contribution >= 0.6 is 0 Å². The molecular weight excluding hydrogens is 314 g/mol. The van der Waals surface area contributed by atoms with Gasteiger partial charge in [-0.05, 0) is 6.42 Å². The van der Waals surface area contributed by atoms with Gasteiger partial charge in [0.2, 0.25) is 11.6 Å². The van der Waals surface area contributed by atoms with E-state index in [4.69, 9.17) is 4.74 Å². The third-order valence-electron chi connectivity index (χ3n) is 5.04. The number of hydrogen-bond donors (Lipinski definition) is 0. The summed E-state index contributed by atoms with van der Waals surface area (Å²) in [7, 11) is 0. The molecule has 0 radical (unpaired) electrons. The molecule has 1 aliphatic carbocycles. The third kappa shape index (κ3) is 1.93. The van der Waals surface area contributed by atoms with Gasteiger partial charge in [-0.3, -0.25) is 24.5 Å². The molecule has 1 spiro atoms. The van der Waals surface area contributed by atoms with Gasteiger partial charge < -0.3 is 4.74 Å². The number of ketones is 2. The van der Waals surface area contributed by atoms with Crippen LogP contribution in [0.2, 0.25) is 0 Å². The van der Waals surface area contributed by atoms with Gasteiger partial charge in [0.1, 0.15) is 0 Å². The lowest BCUT2D eigenvalue weighted by molar-refractivity contribution is -0.550. The number of Topliss-reactive ketones (excluding diaryl/α,β-unsaturated/α-hetero) is 2. The van der Waals surface area contributed by atoms with Crippen LogP contribution in [-0.2, 0) is 9.53 Å². The fraction of sp³-hybridized carbons (Fsp3) is 0.471. The first kappa shape index (κ1) is 16.3. The van der Waals surface area contributed by atoms with E-state index in [2.05, 4.69) is 0 Å². The minimum atomic E-state index is -2.36. The van der Waals surface area contributed by atoms with Crippen molar-refractivity contribution in [3.8, 4) is 0 Å². The first-order chi connectivity index (χ1) is 11.4. The fourth-order valence-corrected chi connectivity index (χ4v) is 3.85. The second-order valence-electron chi connectivity index (χ2n) is 6.33. The van der Waals surface area contributed by atoms with Crippen LogP contribution in [0.5, 0.6) is 0 Å². The summed E-state index contributed by atoms with van der Waals surface area (Å²) in [6, 6.07) is 4.43. The van der Waals surface area contributed by atoms with Crippen LogP contribution in [0.15, 0.2) is 24.3 Å². The molecule has 2 aliphatic rings. The molecule has 1 aromatic carbocycles. The standard InChI is InChI=1S/C17H17NO6/c1-3-6-10-9(2)16(21)24-17(13(10)18(22)23)14(19)11-7-4-5-8-12(11)15(17)20/h4-5,7-10,13H,3,6H2,1-2H3/t9-,10-,13+/m1/s1. The SMILES string of the molecule is CCC[C@H]1[C@H]([N+](=O)[O-])C2(OC(=O)[C@@H]1C)C(=O)c1ccccc1C2=O. The number of benzene rings is 1. The Morgan fingerprint density at radius 3 is 2.17 bits per heavy atom. The van der Waals surface area contributed by atoms with E-state index in [1.165, 1.54) is 12.1 Å². The molecule has 0 bridgehead atoms. The summed E-state index contributed by atoms with van der Waals surface area (Å²) in [4.78, 5) is 49.3. The highest BCUT2D eigenvalue weighted by atomic mass is 16.6. The molecule has 0 N–H and O–H groups in total. The second kappa shape index (κ2) is 5.51. The lowest BCUT2D eigenvalue weighted by atomic mass is 9.71. The zero-order chi connectivity index (χ0) is 17.6. The lowest BCUT2D eigenvalue weighted by Crippen LogP contribution is -2.66. The Balaban J connectivity index is 2.21. The Morgan fingerprint density at radius 2 is 1.71 bits per heavy atom. The van der Waals surface area contributed by atoms with Gasteiger partial charge in [-0.1, -0.05) is 44.5 Å². The minimum Gasteiger partial charge on any atom is -0.434 e. The normalized spacial score (nSPS) is 27.9. The van der Waals surface area contributed by atoms with E-state index in [9.17, 15) is 24.5 Å². The maximum atomic E-state index is 12.9. The number of nitro groups is 1. The molecule has 7 heteroatoms. The molecule has 0 amide bonds. The van der Waals surface area contributed by atoms with Crippen molar-refractivity contribution in [2.45, 2.75) is 38.3 Å². The number of fused-ring (bicyclic) bond motifs is 1. The third-order valence-corrected chi connectivity index (χ3v) is 5.04. The van der Waals surface area contributed by atoms with Crippen molar-refractivity contribution in [2.24, 2.45) is 11.8 Å². The summed E-state index contributed by atoms with van der Waals surface area (Å²) in [5, 5.41) is 11.8. The Hall–Kier alpha value is -2.57. The summed E-state index contributed by atoms with van der Waals surface area (Å²) in [6.07, 6.45) is 0.957. The van der Waals surface area contributed by atoms with Crippen LogP contribution in [-0.4, -0.2) is 34.1 Å². The summed E-state index contributed by atoms with van der Waals surface area (Å²) < 4.78 is 5.22. The Kier molecular flexibility index (Phi) is 3.74. The molecule has 1 heterocycles. The molecule has 1 aromatic rings. The topological polar surface area (TPSA) is 104 Å². The van der Waals surface area contributed by atoms with Crippen molar-refractivity contribution in [1.29, 1.82) is 0 Å². The maximum Gasteiger partial charge on any atom is 0.310 e. The van der Waals surface area contributed by atoms with E-state index in [1.54, 1.807) is 19.1 Å². The van der Waals surface area contributed by atoms with E-state index in [1.807, 2.05) is 6.92 Å². The number of esters is 1. The summed E-state index contributed by atoms with van der Waals surface area (Å²) in [6.45, 7) is 3.38. The van der Waals surface area contributed by atoms with E-state index in [0.717, 1.165) is 0 Å². The van der Waals surface area contributed by atoms with Crippen LogP contribution in [0.4, 0.5) is 0 Å². The molecular formula is C17H17NO6. The smallest absolute Gasteiger partial charge is 0.310 e. The van der Waals surface area contributed by atoms with Crippen LogP contribution in [0.1, 0.15) is 47.4 Å². The lowest BCUT2D eigenvalue weighted by Gasteiger charge is -2.40. The van der Waals surface area contributed by atoms with Crippen molar-refractivity contribution >= 4 is 17.5 Å². The molecule has 3 atom stereocenters. The zero-order valence-corrected chi connectivity index (χ0v) is 13.4. The fourth-order valence-electron chi connectivity index (χ4n) is 3.85. The largest absolute Gasteiger partial charge is 0.434 e. The van der Waals surface area contributed by atoms with Crippen LogP contribution in [0.3, 0.4) is 0 Å². The molecule has 3 rings (SSSR count). The molecule has 1 aliphatic heterocycles. The van der Waals surface area contributed by atoms with Crippen LogP contribution in [0, 0.1) is 22.0 Å². The molecule has 0 unspecified atom stereocenters. The van der Waals surface area contributed by atoms with Crippen molar-refractivity contribution in [2.75, 3.05) is 0 Å². The first-order valence-electron chi connectivity index (χ1n) is 7.91. The summed E-state index contributed by atoms with van der Waals surface area (Å²) >= 11 is 0. The predicted molar refractivity (Wildman–Crippen MR) is 82.3 cm³/mol. The van der Waals surface area contributed by atoms with E-state index in [-0.39, 0.29) is 11.1 Å².